The molecule has 0 saturated heterocycles. The molecular formula is C38H21N3O2. The highest BCUT2D eigenvalue weighted by atomic mass is 16.3. The number of hydrogen-bond donors (Lipinski definition) is 0. The third-order valence-electron chi connectivity index (χ3n) is 8.77. The fourth-order valence-corrected chi connectivity index (χ4v) is 6.88. The van der Waals surface area contributed by atoms with Crippen LogP contribution < -0.4 is 0 Å². The van der Waals surface area contributed by atoms with Crippen LogP contribution in [0.3, 0.4) is 0 Å². The number of nitrogens with zero attached hydrogens (tertiary/aromatic N) is 3. The van der Waals surface area contributed by atoms with Crippen molar-refractivity contribution < 1.29 is 8.83 Å². The highest BCUT2D eigenvalue weighted by Crippen LogP contribution is 2.43. The minimum absolute atomic E-state index is 0.594. The molecule has 3 aromatic heterocycles. The summed E-state index contributed by atoms with van der Waals surface area (Å²) in [7, 11) is 0. The largest absolute Gasteiger partial charge is 0.460 e. The number of aromatic nitrogens is 1. The van der Waals surface area contributed by atoms with Crippen molar-refractivity contribution in [2.75, 3.05) is 0 Å². The molecule has 0 aliphatic heterocycles. The van der Waals surface area contributed by atoms with Crippen LogP contribution in [0.25, 0.3) is 72.1 Å². The Morgan fingerprint density at radius 1 is 0.605 bits per heavy atom. The van der Waals surface area contributed by atoms with Crippen LogP contribution in [0.1, 0.15) is 34.4 Å². The van der Waals surface area contributed by atoms with Crippen LogP contribution in [0.2, 0.25) is 0 Å². The van der Waals surface area contributed by atoms with E-state index in [1.165, 1.54) is 10.8 Å². The van der Waals surface area contributed by atoms with Gasteiger partial charge in [0.25, 0.3) is 0 Å². The molecule has 0 unspecified atom stereocenters. The van der Waals surface area contributed by atoms with E-state index in [1.54, 1.807) is 6.07 Å². The molecule has 9 rings (SSSR count). The van der Waals surface area contributed by atoms with E-state index in [1.807, 2.05) is 36.4 Å². The number of allylic oxidation sites excluding steroid dienone is 1. The molecule has 0 atom stereocenters. The molecule has 0 N–H and O–H groups in total. The van der Waals surface area contributed by atoms with Crippen molar-refractivity contribution in [1.29, 1.82) is 10.5 Å². The lowest BCUT2D eigenvalue weighted by molar-refractivity contribution is 0.548. The van der Waals surface area contributed by atoms with Gasteiger partial charge in [0.15, 0.2) is 0 Å². The van der Waals surface area contributed by atoms with E-state index < -0.39 is 0 Å². The Hall–Kier alpha value is -6.04. The van der Waals surface area contributed by atoms with Crippen molar-refractivity contribution >= 4 is 66.4 Å². The molecule has 1 aliphatic carbocycles. The van der Waals surface area contributed by atoms with Gasteiger partial charge in [0.1, 0.15) is 22.5 Å². The molecule has 1 aliphatic rings. The van der Waals surface area contributed by atoms with Crippen LogP contribution in [0, 0.1) is 22.7 Å². The first-order valence-corrected chi connectivity index (χ1v) is 14.3. The van der Waals surface area contributed by atoms with Gasteiger partial charge < -0.3 is 13.4 Å². The molecule has 0 spiro atoms. The molecule has 0 fully saturated rings. The molecular weight excluding hydrogens is 530 g/mol. The van der Waals surface area contributed by atoms with Crippen LogP contribution >= 0.6 is 0 Å². The second-order valence-corrected chi connectivity index (χ2v) is 11.1. The lowest BCUT2D eigenvalue weighted by atomic mass is 9.88. The monoisotopic (exact) mass is 551 g/mol. The van der Waals surface area contributed by atoms with Crippen LogP contribution in [0.15, 0.2) is 106 Å². The number of benzene rings is 5. The number of para-hydroxylation sites is 2. The Bertz CT molecular complexity index is 2540. The van der Waals surface area contributed by atoms with Crippen molar-refractivity contribution in [3.8, 4) is 17.8 Å². The maximum absolute atomic E-state index is 10.3. The highest BCUT2D eigenvalue weighted by Gasteiger charge is 2.25. The van der Waals surface area contributed by atoms with Gasteiger partial charge in [-0.15, -0.1) is 0 Å². The summed E-state index contributed by atoms with van der Waals surface area (Å²) in [5.41, 5.74) is 9.82. The first-order valence-electron chi connectivity index (χ1n) is 14.3. The standard InChI is InChI=1S/C38H21N3O2/c39-20-22-12-14-34-27(16-22)29-18-37-30(19-36(29)42-34)28-17-23(13-15-35(28)43-37)38-24(21-40)6-5-11-33(38)41-31-9-3-1-7-25(31)26-8-2-4-10-32(26)41/h1-12,14,16-19H,13,15H2. The lowest BCUT2D eigenvalue weighted by Gasteiger charge is -2.20. The lowest BCUT2D eigenvalue weighted by Crippen LogP contribution is -2.05. The Labute approximate surface area is 245 Å². The van der Waals surface area contributed by atoms with Gasteiger partial charge in [0, 0.05) is 44.5 Å². The van der Waals surface area contributed by atoms with Gasteiger partial charge >= 0.3 is 0 Å². The predicted octanol–water partition coefficient (Wildman–Crippen LogP) is 9.66. The van der Waals surface area contributed by atoms with Gasteiger partial charge in [-0.2, -0.15) is 10.5 Å². The maximum Gasteiger partial charge on any atom is 0.136 e. The fraction of sp³-hybridized carbons (Fsp3) is 0.0526. The molecule has 5 heteroatoms. The summed E-state index contributed by atoms with van der Waals surface area (Å²) in [6.45, 7) is 0. The maximum atomic E-state index is 10.3. The van der Waals surface area contributed by atoms with Gasteiger partial charge in [-0.25, -0.2) is 0 Å². The number of hydrogen-bond acceptors (Lipinski definition) is 4. The summed E-state index contributed by atoms with van der Waals surface area (Å²) in [5.74, 6) is 0.932. The second kappa shape index (κ2) is 8.73. The number of aryl methyl sites for hydroxylation is 1. The van der Waals surface area contributed by atoms with Crippen LogP contribution in [0.5, 0.6) is 0 Å². The van der Waals surface area contributed by atoms with Crippen molar-refractivity contribution in [2.45, 2.75) is 12.8 Å². The van der Waals surface area contributed by atoms with E-state index in [2.05, 4.69) is 77.4 Å². The topological polar surface area (TPSA) is 78.8 Å². The van der Waals surface area contributed by atoms with Crippen LogP contribution in [-0.2, 0) is 6.42 Å². The molecule has 0 amide bonds. The molecule has 3 heterocycles. The van der Waals surface area contributed by atoms with Gasteiger partial charge in [0.05, 0.1) is 40.0 Å². The van der Waals surface area contributed by atoms with Crippen molar-refractivity contribution in [2.24, 2.45) is 0 Å². The minimum atomic E-state index is 0.594. The highest BCUT2D eigenvalue weighted by molar-refractivity contribution is 6.12. The zero-order valence-corrected chi connectivity index (χ0v) is 22.9. The molecule has 0 radical (unpaired) electrons. The van der Waals surface area contributed by atoms with E-state index >= 15 is 0 Å². The summed E-state index contributed by atoms with van der Waals surface area (Å²) in [4.78, 5) is 0. The molecule has 0 saturated carbocycles. The summed E-state index contributed by atoms with van der Waals surface area (Å²) < 4.78 is 14.9. The van der Waals surface area contributed by atoms with Crippen LogP contribution in [0.4, 0.5) is 0 Å². The van der Waals surface area contributed by atoms with Crippen molar-refractivity contribution in [1.82, 2.24) is 4.57 Å². The molecule has 200 valence electrons. The first kappa shape index (κ1) is 23.6. The zero-order valence-electron chi connectivity index (χ0n) is 22.9. The van der Waals surface area contributed by atoms with E-state index in [9.17, 15) is 10.5 Å². The molecule has 5 nitrogen and oxygen atoms in total. The smallest absolute Gasteiger partial charge is 0.136 e. The molecule has 8 aromatic rings. The van der Waals surface area contributed by atoms with Crippen LogP contribution in [-0.4, -0.2) is 4.57 Å². The molecule has 43 heavy (non-hydrogen) atoms. The van der Waals surface area contributed by atoms with E-state index in [4.69, 9.17) is 8.83 Å². The summed E-state index contributed by atoms with van der Waals surface area (Å²) in [6, 6.07) is 37.1. The molecule has 0 bridgehead atoms. The summed E-state index contributed by atoms with van der Waals surface area (Å²) in [5, 5.41) is 24.9. The van der Waals surface area contributed by atoms with Gasteiger partial charge in [-0.05, 0) is 72.7 Å². The summed E-state index contributed by atoms with van der Waals surface area (Å²) >= 11 is 0. The number of nitriles is 2. The SMILES string of the molecule is N#Cc1ccc2oc3cc4c5c(oc4cc3c2c1)CCC(c1c(C#N)cccc1-n1c2ccccc2c2ccccc21)=C5. The average molecular weight is 552 g/mol. The predicted molar refractivity (Wildman–Crippen MR) is 170 cm³/mol. The third kappa shape index (κ3) is 3.31. The fourth-order valence-electron chi connectivity index (χ4n) is 6.88. The Morgan fingerprint density at radius 3 is 2.09 bits per heavy atom. The molecule has 5 aromatic carbocycles. The van der Waals surface area contributed by atoms with E-state index in [-0.39, 0.29) is 0 Å². The number of furan rings is 2. The van der Waals surface area contributed by atoms with E-state index in [0.29, 0.717) is 11.1 Å². The second-order valence-electron chi connectivity index (χ2n) is 11.1. The normalized spacial score (nSPS) is 13.0. The minimum Gasteiger partial charge on any atom is -0.460 e. The van der Waals surface area contributed by atoms with Crippen molar-refractivity contribution in [3.63, 3.8) is 0 Å². The van der Waals surface area contributed by atoms with Gasteiger partial charge in [0.2, 0.25) is 0 Å². The Balaban J connectivity index is 1.29. The quantitative estimate of drug-likeness (QED) is 0.214. The zero-order chi connectivity index (χ0) is 28.7. The Kier molecular flexibility index (Phi) is 4.80. The third-order valence-corrected chi connectivity index (χ3v) is 8.77. The van der Waals surface area contributed by atoms with Gasteiger partial charge in [-0.3, -0.25) is 0 Å². The first-order chi connectivity index (χ1) is 21.2. The van der Waals surface area contributed by atoms with Gasteiger partial charge in [-0.1, -0.05) is 42.5 Å². The Morgan fingerprint density at radius 2 is 1.33 bits per heavy atom. The van der Waals surface area contributed by atoms with E-state index in [0.717, 1.165) is 84.9 Å². The number of fused-ring (bicyclic) bond motifs is 9. The van der Waals surface area contributed by atoms with Crippen molar-refractivity contribution in [3.05, 3.63) is 125 Å². The summed E-state index contributed by atoms with van der Waals surface area (Å²) in [6.07, 6.45) is 3.67. The number of rotatable bonds is 2. The average Bonchev–Trinajstić information content (AvgIpc) is 3.71.